The third-order valence-corrected chi connectivity index (χ3v) is 4.19. The smallest absolute Gasteiger partial charge is 0.250 e. The average molecular weight is 349 g/mol. The topological polar surface area (TPSA) is 84.7 Å². The summed E-state index contributed by atoms with van der Waals surface area (Å²) in [5, 5.41) is 0.636. The van der Waals surface area contributed by atoms with E-state index < -0.39 is 5.91 Å². The predicted molar refractivity (Wildman–Crippen MR) is 98.3 cm³/mol. The number of nitrogens with zero attached hydrogens (tertiary/aromatic N) is 2. The van der Waals surface area contributed by atoms with Crippen molar-refractivity contribution in [1.82, 2.24) is 15.0 Å². The van der Waals surface area contributed by atoms with Crippen molar-refractivity contribution in [3.8, 4) is 22.6 Å². The maximum atomic E-state index is 11.8. The van der Waals surface area contributed by atoms with Gasteiger partial charge in [-0.05, 0) is 30.3 Å². The van der Waals surface area contributed by atoms with Gasteiger partial charge in [-0.3, -0.25) is 9.78 Å². The number of benzene rings is 2. The molecule has 4 rings (SSSR count). The van der Waals surface area contributed by atoms with Crippen molar-refractivity contribution < 1.29 is 4.79 Å². The SMILES string of the molecule is NC(=O)c1cccnc1-c1ccccc1-c1nc2ccc(Cl)cc2[nH]1. The second-order valence-corrected chi connectivity index (χ2v) is 5.99. The molecule has 0 saturated carbocycles. The number of H-pyrrole nitrogens is 1. The van der Waals surface area contributed by atoms with Crippen molar-refractivity contribution in [2.75, 3.05) is 0 Å². The molecule has 0 radical (unpaired) electrons. The zero-order chi connectivity index (χ0) is 17.4. The van der Waals surface area contributed by atoms with Gasteiger partial charge in [0.05, 0.1) is 22.3 Å². The van der Waals surface area contributed by atoms with Gasteiger partial charge in [-0.15, -0.1) is 0 Å². The van der Waals surface area contributed by atoms with Crippen LogP contribution in [0.3, 0.4) is 0 Å². The lowest BCUT2D eigenvalue weighted by molar-refractivity contribution is 0.100. The summed E-state index contributed by atoms with van der Waals surface area (Å²) >= 11 is 6.05. The zero-order valence-corrected chi connectivity index (χ0v) is 13.8. The van der Waals surface area contributed by atoms with Gasteiger partial charge in [0.2, 0.25) is 0 Å². The van der Waals surface area contributed by atoms with Crippen LogP contribution >= 0.6 is 11.6 Å². The molecule has 1 amide bonds. The molecule has 2 aromatic carbocycles. The third-order valence-electron chi connectivity index (χ3n) is 3.95. The first-order chi connectivity index (χ1) is 12.1. The maximum Gasteiger partial charge on any atom is 0.250 e. The Labute approximate surface area is 148 Å². The number of nitrogens with one attached hydrogen (secondary N) is 1. The number of hydrogen-bond acceptors (Lipinski definition) is 3. The summed E-state index contributed by atoms with van der Waals surface area (Å²) in [7, 11) is 0. The summed E-state index contributed by atoms with van der Waals surface area (Å²) in [4.78, 5) is 24.0. The fourth-order valence-electron chi connectivity index (χ4n) is 2.82. The molecule has 0 fully saturated rings. The lowest BCUT2D eigenvalue weighted by Crippen LogP contribution is -2.13. The number of carbonyl (C=O) groups excluding carboxylic acids is 1. The molecule has 6 heteroatoms. The Kier molecular flexibility index (Phi) is 3.71. The molecule has 0 saturated heterocycles. The summed E-state index contributed by atoms with van der Waals surface area (Å²) in [6.45, 7) is 0. The molecule has 2 heterocycles. The second-order valence-electron chi connectivity index (χ2n) is 5.56. The molecule has 0 atom stereocenters. The van der Waals surface area contributed by atoms with Crippen LogP contribution in [0, 0.1) is 0 Å². The number of imidazole rings is 1. The predicted octanol–water partition coefficient (Wildman–Crippen LogP) is 4.04. The second kappa shape index (κ2) is 6.03. The molecule has 122 valence electrons. The summed E-state index contributed by atoms with van der Waals surface area (Å²) in [6, 6.07) is 16.4. The Balaban J connectivity index is 1.94. The van der Waals surface area contributed by atoms with Crippen molar-refractivity contribution >= 4 is 28.5 Å². The van der Waals surface area contributed by atoms with E-state index in [-0.39, 0.29) is 0 Å². The van der Waals surface area contributed by atoms with Gasteiger partial charge >= 0.3 is 0 Å². The van der Waals surface area contributed by atoms with Crippen LogP contribution in [0.1, 0.15) is 10.4 Å². The highest BCUT2D eigenvalue weighted by atomic mass is 35.5. The number of fused-ring (bicyclic) bond motifs is 1. The number of aromatic nitrogens is 3. The van der Waals surface area contributed by atoms with Crippen LogP contribution in [-0.4, -0.2) is 20.9 Å². The summed E-state index contributed by atoms with van der Waals surface area (Å²) in [6.07, 6.45) is 1.64. The standard InChI is InChI=1S/C19H13ClN4O/c20-11-7-8-15-16(10-11)24-19(23-15)13-5-2-1-4-12(13)17-14(18(21)25)6-3-9-22-17/h1-10H,(H2,21,25)(H,23,24). The number of aromatic amines is 1. The Bertz CT molecular complexity index is 1100. The Hall–Kier alpha value is -3.18. The molecule has 0 aliphatic carbocycles. The Morgan fingerprint density at radius 2 is 1.84 bits per heavy atom. The van der Waals surface area contributed by atoms with Gasteiger partial charge in [-0.25, -0.2) is 4.98 Å². The number of pyridine rings is 1. The van der Waals surface area contributed by atoms with Gasteiger partial charge in [0.25, 0.3) is 5.91 Å². The lowest BCUT2D eigenvalue weighted by Gasteiger charge is -2.09. The number of halogens is 1. The van der Waals surface area contributed by atoms with Gasteiger partial charge in [0, 0.05) is 22.3 Å². The van der Waals surface area contributed by atoms with Crippen molar-refractivity contribution in [3.63, 3.8) is 0 Å². The van der Waals surface area contributed by atoms with E-state index in [0.717, 1.165) is 22.2 Å². The van der Waals surface area contributed by atoms with Gasteiger partial charge in [0.15, 0.2) is 0 Å². The van der Waals surface area contributed by atoms with Crippen molar-refractivity contribution in [1.29, 1.82) is 0 Å². The van der Waals surface area contributed by atoms with Gasteiger partial charge in [-0.2, -0.15) is 0 Å². The number of hydrogen-bond donors (Lipinski definition) is 2. The molecule has 0 unspecified atom stereocenters. The van der Waals surface area contributed by atoms with Crippen LogP contribution in [0.25, 0.3) is 33.7 Å². The molecule has 0 bridgehead atoms. The molecule has 0 aliphatic heterocycles. The number of amides is 1. The Morgan fingerprint density at radius 3 is 2.64 bits per heavy atom. The molecule has 0 spiro atoms. The minimum Gasteiger partial charge on any atom is -0.366 e. The van der Waals surface area contributed by atoms with E-state index >= 15 is 0 Å². The highest BCUT2D eigenvalue weighted by Gasteiger charge is 2.16. The zero-order valence-electron chi connectivity index (χ0n) is 13.0. The average Bonchev–Trinajstić information content (AvgIpc) is 3.04. The summed E-state index contributed by atoms with van der Waals surface area (Å²) in [5.74, 6) is 0.156. The molecule has 5 nitrogen and oxygen atoms in total. The number of carbonyl (C=O) groups is 1. The van der Waals surface area contributed by atoms with E-state index in [2.05, 4.69) is 15.0 Å². The fourth-order valence-corrected chi connectivity index (χ4v) is 3.00. The van der Waals surface area contributed by atoms with E-state index in [1.165, 1.54) is 0 Å². The highest BCUT2D eigenvalue weighted by Crippen LogP contribution is 2.32. The molecule has 25 heavy (non-hydrogen) atoms. The minimum atomic E-state index is -0.519. The number of rotatable bonds is 3. The number of primary amides is 1. The molecular weight excluding hydrogens is 336 g/mol. The first-order valence-corrected chi connectivity index (χ1v) is 8.01. The quantitative estimate of drug-likeness (QED) is 0.586. The summed E-state index contributed by atoms with van der Waals surface area (Å²) < 4.78 is 0. The van der Waals surface area contributed by atoms with Crippen LogP contribution < -0.4 is 5.73 Å². The fraction of sp³-hybridized carbons (Fsp3) is 0. The molecule has 3 N–H and O–H groups in total. The lowest BCUT2D eigenvalue weighted by atomic mass is 9.99. The van der Waals surface area contributed by atoms with Crippen molar-refractivity contribution in [2.24, 2.45) is 5.73 Å². The van der Waals surface area contributed by atoms with E-state index in [0.29, 0.717) is 22.1 Å². The van der Waals surface area contributed by atoms with Crippen molar-refractivity contribution in [3.05, 3.63) is 71.4 Å². The van der Waals surface area contributed by atoms with Gasteiger partial charge in [-0.1, -0.05) is 35.9 Å². The summed E-state index contributed by atoms with van der Waals surface area (Å²) in [5.41, 5.74) is 9.66. The monoisotopic (exact) mass is 348 g/mol. The highest BCUT2D eigenvalue weighted by molar-refractivity contribution is 6.31. The van der Waals surface area contributed by atoms with Crippen LogP contribution in [0.4, 0.5) is 0 Å². The first-order valence-electron chi connectivity index (χ1n) is 7.63. The van der Waals surface area contributed by atoms with E-state index in [1.54, 1.807) is 24.4 Å². The van der Waals surface area contributed by atoms with Crippen LogP contribution in [0.15, 0.2) is 60.8 Å². The van der Waals surface area contributed by atoms with E-state index in [9.17, 15) is 4.79 Å². The van der Waals surface area contributed by atoms with Crippen molar-refractivity contribution in [2.45, 2.75) is 0 Å². The first kappa shape index (κ1) is 15.4. The van der Waals surface area contributed by atoms with Crippen LogP contribution in [0.2, 0.25) is 5.02 Å². The molecule has 4 aromatic rings. The van der Waals surface area contributed by atoms with E-state index in [4.69, 9.17) is 17.3 Å². The van der Waals surface area contributed by atoms with Gasteiger partial charge < -0.3 is 10.7 Å². The molecule has 2 aromatic heterocycles. The number of nitrogens with two attached hydrogens (primary N) is 1. The van der Waals surface area contributed by atoms with Crippen LogP contribution in [0.5, 0.6) is 0 Å². The molecule has 0 aliphatic rings. The van der Waals surface area contributed by atoms with E-state index in [1.807, 2.05) is 36.4 Å². The minimum absolute atomic E-state index is 0.370. The molecular formula is C19H13ClN4O. The van der Waals surface area contributed by atoms with Crippen LogP contribution in [-0.2, 0) is 0 Å². The maximum absolute atomic E-state index is 11.8. The largest absolute Gasteiger partial charge is 0.366 e. The van der Waals surface area contributed by atoms with Gasteiger partial charge in [0.1, 0.15) is 5.82 Å². The normalized spacial score (nSPS) is 10.9. The third kappa shape index (κ3) is 2.75. The Morgan fingerprint density at radius 1 is 1.04 bits per heavy atom.